The second kappa shape index (κ2) is 8.77. The number of anilines is 1. The third-order valence-corrected chi connectivity index (χ3v) is 5.63. The van der Waals surface area contributed by atoms with Gasteiger partial charge in [0, 0.05) is 24.3 Å². The zero-order valence-electron chi connectivity index (χ0n) is 16.3. The fourth-order valence-electron chi connectivity index (χ4n) is 3.22. The molecule has 7 nitrogen and oxygen atoms in total. The summed E-state index contributed by atoms with van der Waals surface area (Å²) < 4.78 is 23.3. The Kier molecular flexibility index (Phi) is 5.94. The molecule has 1 aliphatic rings. The molecule has 1 saturated heterocycles. The lowest BCUT2D eigenvalue weighted by Gasteiger charge is -2.18. The van der Waals surface area contributed by atoms with Crippen molar-refractivity contribution in [3.8, 4) is 11.5 Å². The van der Waals surface area contributed by atoms with Gasteiger partial charge in [0.25, 0.3) is 5.91 Å². The Labute approximate surface area is 172 Å². The van der Waals surface area contributed by atoms with E-state index in [-0.39, 0.29) is 12.0 Å². The van der Waals surface area contributed by atoms with Gasteiger partial charge in [-0.2, -0.15) is 0 Å². The van der Waals surface area contributed by atoms with E-state index in [1.807, 2.05) is 12.1 Å². The fraction of sp³-hybridized carbons (Fsp3) is 0.333. The number of methoxy groups -OCH3 is 2. The van der Waals surface area contributed by atoms with Gasteiger partial charge in [-0.15, -0.1) is 0 Å². The third kappa shape index (κ3) is 4.19. The van der Waals surface area contributed by atoms with Crippen LogP contribution in [0.5, 0.6) is 11.5 Å². The molecule has 4 rings (SSSR count). The maximum absolute atomic E-state index is 12.5. The molecule has 1 unspecified atom stereocenters. The van der Waals surface area contributed by atoms with Crippen LogP contribution in [0.3, 0.4) is 0 Å². The summed E-state index contributed by atoms with van der Waals surface area (Å²) in [5.74, 6) is 1.12. The van der Waals surface area contributed by atoms with Crippen LogP contribution >= 0.6 is 11.3 Å². The van der Waals surface area contributed by atoms with Gasteiger partial charge in [0.15, 0.2) is 10.9 Å². The molecule has 0 aliphatic carbocycles. The molecule has 2 heterocycles. The molecule has 29 heavy (non-hydrogen) atoms. The highest BCUT2D eigenvalue weighted by Crippen LogP contribution is 2.39. The van der Waals surface area contributed by atoms with E-state index in [1.54, 1.807) is 38.5 Å². The molecule has 0 saturated carbocycles. The summed E-state index contributed by atoms with van der Waals surface area (Å²) in [6, 6.07) is 10.9. The molecule has 2 aromatic carbocycles. The number of hydrogen-bond donors (Lipinski definition) is 1. The number of aromatic nitrogens is 1. The third-order valence-electron chi connectivity index (χ3n) is 4.69. The number of benzene rings is 2. The van der Waals surface area contributed by atoms with Crippen LogP contribution < -0.4 is 14.8 Å². The van der Waals surface area contributed by atoms with Crippen molar-refractivity contribution in [2.75, 3.05) is 39.4 Å². The highest BCUT2D eigenvalue weighted by atomic mass is 32.1. The topological polar surface area (TPSA) is 78.9 Å². The first-order valence-corrected chi connectivity index (χ1v) is 10.1. The maximum Gasteiger partial charge on any atom is 0.257 e. The molecule has 1 aromatic heterocycles. The van der Waals surface area contributed by atoms with Gasteiger partial charge in [-0.05, 0) is 36.8 Å². The summed E-state index contributed by atoms with van der Waals surface area (Å²) in [6.07, 6.45) is 0.676. The zero-order valence-corrected chi connectivity index (χ0v) is 17.1. The minimum absolute atomic E-state index is 0.198. The molecule has 0 radical (unpaired) electrons. The summed E-state index contributed by atoms with van der Waals surface area (Å²) in [5, 5.41) is 3.37. The molecule has 8 heteroatoms. The molecular formula is C21H22N2O5S. The minimum atomic E-state index is -0.230. The summed E-state index contributed by atoms with van der Waals surface area (Å²) in [4.78, 5) is 17.1. The van der Waals surface area contributed by atoms with Crippen LogP contribution in [-0.2, 0) is 9.47 Å². The monoisotopic (exact) mass is 414 g/mol. The van der Waals surface area contributed by atoms with E-state index >= 15 is 0 Å². The van der Waals surface area contributed by atoms with Crippen molar-refractivity contribution in [1.82, 2.24) is 4.98 Å². The molecule has 1 aliphatic heterocycles. The van der Waals surface area contributed by atoms with Gasteiger partial charge in [-0.1, -0.05) is 17.4 Å². The second-order valence-electron chi connectivity index (χ2n) is 6.52. The van der Waals surface area contributed by atoms with Crippen LogP contribution in [0.2, 0.25) is 0 Å². The van der Waals surface area contributed by atoms with Crippen LogP contribution in [-0.4, -0.2) is 44.9 Å². The van der Waals surface area contributed by atoms with E-state index in [2.05, 4.69) is 10.3 Å². The molecule has 0 bridgehead atoms. The number of rotatable bonds is 5. The molecule has 1 N–H and O–H groups in total. The van der Waals surface area contributed by atoms with Gasteiger partial charge in [0.05, 0.1) is 25.5 Å². The molecular weight excluding hydrogens is 392 g/mol. The molecule has 3 aromatic rings. The summed E-state index contributed by atoms with van der Waals surface area (Å²) in [7, 11) is 3.20. The number of thiazole rings is 1. The number of hydrogen-bond acceptors (Lipinski definition) is 7. The first kappa shape index (κ1) is 19.6. The maximum atomic E-state index is 12.5. The van der Waals surface area contributed by atoms with E-state index in [4.69, 9.17) is 18.9 Å². The lowest BCUT2D eigenvalue weighted by atomic mass is 10.1. The molecule has 0 spiro atoms. The zero-order chi connectivity index (χ0) is 20.2. The van der Waals surface area contributed by atoms with E-state index in [0.29, 0.717) is 47.5 Å². The molecule has 152 valence electrons. The van der Waals surface area contributed by atoms with Gasteiger partial charge in [0.2, 0.25) is 0 Å². The lowest BCUT2D eigenvalue weighted by molar-refractivity contribution is 0.0240. The quantitative estimate of drug-likeness (QED) is 0.679. The van der Waals surface area contributed by atoms with Crippen molar-refractivity contribution in [3.63, 3.8) is 0 Å². The number of nitrogens with one attached hydrogen (secondary N) is 1. The van der Waals surface area contributed by atoms with Crippen LogP contribution in [0.4, 0.5) is 5.13 Å². The summed E-state index contributed by atoms with van der Waals surface area (Å²) >= 11 is 1.40. The summed E-state index contributed by atoms with van der Waals surface area (Å²) in [6.45, 7) is 1.82. The van der Waals surface area contributed by atoms with Crippen molar-refractivity contribution in [1.29, 1.82) is 0 Å². The average molecular weight is 414 g/mol. The van der Waals surface area contributed by atoms with E-state index < -0.39 is 0 Å². The Bertz CT molecular complexity index is 994. The lowest BCUT2D eigenvalue weighted by Crippen LogP contribution is -2.11. The predicted octanol–water partition coefficient (Wildman–Crippen LogP) is 4.04. The number of amides is 1. The van der Waals surface area contributed by atoms with Crippen LogP contribution in [0.1, 0.15) is 28.4 Å². The van der Waals surface area contributed by atoms with E-state index in [1.165, 1.54) is 11.3 Å². The molecule has 1 fully saturated rings. The second-order valence-corrected chi connectivity index (χ2v) is 7.55. The first-order valence-electron chi connectivity index (χ1n) is 9.32. The van der Waals surface area contributed by atoms with Crippen LogP contribution in [0.15, 0.2) is 36.4 Å². The Morgan fingerprint density at radius 3 is 2.72 bits per heavy atom. The van der Waals surface area contributed by atoms with Gasteiger partial charge in [0.1, 0.15) is 17.4 Å². The van der Waals surface area contributed by atoms with E-state index in [9.17, 15) is 4.79 Å². The molecule has 1 amide bonds. The standard InChI is InChI=1S/C21H22N2O5S/c1-25-14-6-4-13(5-7-14)20(24)23-21-22-18-17(29-21)9-8-15(19(18)26-2)16-12-27-10-3-11-28-16/h4-9,16H,3,10-12H2,1-2H3,(H,22,23,24). The number of nitrogens with zero attached hydrogens (tertiary/aromatic N) is 1. The van der Waals surface area contributed by atoms with Crippen molar-refractivity contribution in [3.05, 3.63) is 47.5 Å². The highest BCUT2D eigenvalue weighted by molar-refractivity contribution is 7.22. The van der Waals surface area contributed by atoms with Crippen molar-refractivity contribution >= 4 is 32.6 Å². The van der Waals surface area contributed by atoms with Crippen molar-refractivity contribution < 1.29 is 23.7 Å². The largest absolute Gasteiger partial charge is 0.497 e. The predicted molar refractivity (Wildman–Crippen MR) is 111 cm³/mol. The molecule has 1 atom stereocenters. The Morgan fingerprint density at radius 2 is 1.97 bits per heavy atom. The van der Waals surface area contributed by atoms with Gasteiger partial charge in [-0.25, -0.2) is 4.98 Å². The Hall–Kier alpha value is -2.68. The van der Waals surface area contributed by atoms with Crippen LogP contribution in [0.25, 0.3) is 10.2 Å². The van der Waals surface area contributed by atoms with Crippen molar-refractivity contribution in [2.24, 2.45) is 0 Å². The minimum Gasteiger partial charge on any atom is -0.497 e. The normalized spacial score (nSPS) is 17.0. The van der Waals surface area contributed by atoms with Crippen molar-refractivity contribution in [2.45, 2.75) is 12.5 Å². The van der Waals surface area contributed by atoms with Gasteiger partial charge >= 0.3 is 0 Å². The smallest absolute Gasteiger partial charge is 0.257 e. The Morgan fingerprint density at radius 1 is 1.14 bits per heavy atom. The number of carbonyl (C=O) groups excluding carboxylic acids is 1. The number of fused-ring (bicyclic) bond motifs is 1. The Balaban J connectivity index is 1.60. The SMILES string of the molecule is COc1ccc(C(=O)Nc2nc3c(OC)c(C4COCCCO4)ccc3s2)cc1. The highest BCUT2D eigenvalue weighted by Gasteiger charge is 2.23. The van der Waals surface area contributed by atoms with Gasteiger partial charge in [-0.3, -0.25) is 10.1 Å². The fourth-order valence-corrected chi connectivity index (χ4v) is 4.08. The van der Waals surface area contributed by atoms with E-state index in [0.717, 1.165) is 16.7 Å². The first-order chi connectivity index (χ1) is 14.2. The number of ether oxygens (including phenoxy) is 4. The number of carbonyl (C=O) groups is 1. The summed E-state index contributed by atoms with van der Waals surface area (Å²) in [5.41, 5.74) is 2.13. The van der Waals surface area contributed by atoms with Crippen LogP contribution in [0, 0.1) is 0 Å². The van der Waals surface area contributed by atoms with Gasteiger partial charge < -0.3 is 18.9 Å². The average Bonchev–Trinajstić information content (AvgIpc) is 2.97.